The fourth-order valence-electron chi connectivity index (χ4n) is 2.17. The summed E-state index contributed by atoms with van der Waals surface area (Å²) >= 11 is 7.56. The summed E-state index contributed by atoms with van der Waals surface area (Å²) in [5.74, 6) is 0. The lowest BCUT2D eigenvalue weighted by Gasteiger charge is -2.26. The minimum atomic E-state index is -0.625. The van der Waals surface area contributed by atoms with Crippen LogP contribution in [0, 0.1) is 0 Å². The van der Waals surface area contributed by atoms with E-state index < -0.39 is 11.7 Å². The molecule has 0 radical (unpaired) electrons. The monoisotopic (exact) mass is 397 g/mol. The van der Waals surface area contributed by atoms with Crippen molar-refractivity contribution in [2.45, 2.75) is 36.5 Å². The van der Waals surface area contributed by atoms with Gasteiger partial charge in [0.25, 0.3) is 0 Å². The van der Waals surface area contributed by atoms with Gasteiger partial charge in [-0.2, -0.15) is 0 Å². The lowest BCUT2D eigenvalue weighted by molar-refractivity contribution is -0.0641. The van der Waals surface area contributed by atoms with Crippen molar-refractivity contribution in [3.05, 3.63) is 41.7 Å². The summed E-state index contributed by atoms with van der Waals surface area (Å²) in [5, 5.41) is 0.527. The van der Waals surface area contributed by atoms with E-state index in [-0.39, 0.29) is 6.10 Å². The average molecular weight is 398 g/mol. The molecule has 0 spiro atoms. The molecule has 2 aromatic rings. The molecule has 2 heterocycles. The maximum absolute atomic E-state index is 6.16. The third kappa shape index (κ3) is 6.19. The Morgan fingerprint density at radius 1 is 1.31 bits per heavy atom. The lowest BCUT2D eigenvalue weighted by atomic mass is 10.2. The first-order valence-corrected chi connectivity index (χ1v) is 9.56. The predicted molar refractivity (Wildman–Crippen MR) is 104 cm³/mol. The molecule has 0 saturated carbocycles. The Kier molecular flexibility index (Phi) is 8.77. The number of hydrogen-bond acceptors (Lipinski definition) is 7. The second-order valence-corrected chi connectivity index (χ2v) is 7.08. The first-order valence-electron chi connectivity index (χ1n) is 8.30. The molecule has 142 valence electrons. The molecule has 0 aromatic carbocycles. The molecule has 0 aliphatic rings. The molecule has 6 nitrogen and oxygen atoms in total. The van der Waals surface area contributed by atoms with E-state index in [4.69, 9.17) is 31.5 Å². The number of pyridine rings is 2. The van der Waals surface area contributed by atoms with E-state index in [0.29, 0.717) is 18.2 Å². The van der Waals surface area contributed by atoms with Gasteiger partial charge in [0.1, 0.15) is 17.4 Å². The summed E-state index contributed by atoms with van der Waals surface area (Å²) in [6, 6.07) is 7.49. The van der Waals surface area contributed by atoms with Crippen LogP contribution in [0.2, 0.25) is 5.02 Å². The Morgan fingerprint density at radius 2 is 2.12 bits per heavy atom. The van der Waals surface area contributed by atoms with Gasteiger partial charge in [-0.3, -0.25) is 9.97 Å². The van der Waals surface area contributed by atoms with Crippen LogP contribution < -0.4 is 5.73 Å². The molecule has 0 saturated heterocycles. The van der Waals surface area contributed by atoms with Gasteiger partial charge in [0, 0.05) is 31.0 Å². The van der Waals surface area contributed by atoms with Crippen LogP contribution in [-0.2, 0) is 14.2 Å². The maximum Gasteiger partial charge on any atom is 0.147 e. The zero-order chi connectivity index (χ0) is 18.9. The molecule has 2 rings (SSSR count). The Labute approximate surface area is 163 Å². The van der Waals surface area contributed by atoms with Crippen molar-refractivity contribution in [2.75, 3.05) is 20.3 Å². The van der Waals surface area contributed by atoms with Crippen molar-refractivity contribution in [1.82, 2.24) is 9.97 Å². The molecule has 26 heavy (non-hydrogen) atoms. The Morgan fingerprint density at radius 3 is 2.77 bits per heavy atom. The number of hydrogen-bond donors (Lipinski definition) is 1. The molecule has 2 N–H and O–H groups in total. The first kappa shape index (κ1) is 21.1. The van der Waals surface area contributed by atoms with E-state index in [2.05, 4.69) is 9.97 Å². The highest BCUT2D eigenvalue weighted by molar-refractivity contribution is 8.00. The molecule has 2 unspecified atom stereocenters. The Balaban J connectivity index is 2.25. The van der Waals surface area contributed by atoms with Crippen LogP contribution >= 0.6 is 23.4 Å². The summed E-state index contributed by atoms with van der Waals surface area (Å²) < 4.78 is 16.7. The van der Waals surface area contributed by atoms with E-state index in [1.807, 2.05) is 38.1 Å². The van der Waals surface area contributed by atoms with E-state index >= 15 is 0 Å². The van der Waals surface area contributed by atoms with Gasteiger partial charge >= 0.3 is 0 Å². The lowest BCUT2D eigenvalue weighted by Crippen LogP contribution is -2.39. The van der Waals surface area contributed by atoms with Gasteiger partial charge in [0.2, 0.25) is 0 Å². The molecule has 3 atom stereocenters. The molecule has 2 aromatic heterocycles. The van der Waals surface area contributed by atoms with Crippen molar-refractivity contribution in [3.63, 3.8) is 0 Å². The van der Waals surface area contributed by atoms with Crippen molar-refractivity contribution in [2.24, 2.45) is 5.73 Å². The molecule has 0 amide bonds. The highest BCUT2D eigenvalue weighted by Crippen LogP contribution is 2.35. The molecule has 8 heteroatoms. The number of rotatable bonds is 10. The highest BCUT2D eigenvalue weighted by atomic mass is 35.5. The van der Waals surface area contributed by atoms with Crippen molar-refractivity contribution in [3.8, 4) is 11.4 Å². The van der Waals surface area contributed by atoms with Crippen molar-refractivity contribution in [1.29, 1.82) is 0 Å². The summed E-state index contributed by atoms with van der Waals surface area (Å²) in [6.07, 6.45) is 2.55. The van der Waals surface area contributed by atoms with Crippen LogP contribution in [0.5, 0.6) is 0 Å². The zero-order valence-corrected chi connectivity index (χ0v) is 16.7. The van der Waals surface area contributed by atoms with Crippen molar-refractivity contribution >= 4 is 23.4 Å². The number of methoxy groups -OCH3 is 1. The van der Waals surface area contributed by atoms with E-state index in [1.165, 1.54) is 11.8 Å². The van der Waals surface area contributed by atoms with Gasteiger partial charge in [0.15, 0.2) is 0 Å². The Bertz CT molecular complexity index is 678. The normalized spacial score (nSPS) is 14.8. The topological polar surface area (TPSA) is 79.5 Å². The zero-order valence-electron chi connectivity index (χ0n) is 15.1. The smallest absolute Gasteiger partial charge is 0.147 e. The summed E-state index contributed by atoms with van der Waals surface area (Å²) in [7, 11) is 1.55. The summed E-state index contributed by atoms with van der Waals surface area (Å²) in [4.78, 5) is 9.63. The van der Waals surface area contributed by atoms with Crippen LogP contribution in [-0.4, -0.2) is 48.1 Å². The second kappa shape index (κ2) is 10.8. The largest absolute Gasteiger partial charge is 0.379 e. The fourth-order valence-corrected chi connectivity index (χ4v) is 3.59. The van der Waals surface area contributed by atoms with Gasteiger partial charge in [-0.1, -0.05) is 29.4 Å². The van der Waals surface area contributed by atoms with Gasteiger partial charge in [-0.25, -0.2) is 0 Å². The van der Waals surface area contributed by atoms with Crippen LogP contribution in [0.4, 0.5) is 0 Å². The van der Waals surface area contributed by atoms with Crippen LogP contribution in [0.25, 0.3) is 11.4 Å². The van der Waals surface area contributed by atoms with Gasteiger partial charge in [0.05, 0.1) is 23.4 Å². The molecular weight excluding hydrogens is 374 g/mol. The van der Waals surface area contributed by atoms with E-state index in [9.17, 15) is 0 Å². The minimum absolute atomic E-state index is 0.140. The second-order valence-electron chi connectivity index (χ2n) is 5.51. The number of ether oxygens (including phenoxy) is 3. The van der Waals surface area contributed by atoms with Crippen LogP contribution in [0.3, 0.4) is 0 Å². The summed E-state index contributed by atoms with van der Waals surface area (Å²) in [5.41, 5.74) is 7.10. The molecule has 0 aliphatic carbocycles. The van der Waals surface area contributed by atoms with Gasteiger partial charge in [-0.05, 0) is 32.0 Å². The van der Waals surface area contributed by atoms with Gasteiger partial charge in [-0.15, -0.1) is 0 Å². The molecule has 0 fully saturated rings. The third-order valence-electron chi connectivity index (χ3n) is 3.43. The minimum Gasteiger partial charge on any atom is -0.379 e. The number of nitrogens with zero attached hydrogens (tertiary/aromatic N) is 2. The molecule has 0 aliphatic heterocycles. The number of aromatic nitrogens is 2. The fraction of sp³-hybridized carbons (Fsp3) is 0.444. The maximum atomic E-state index is 6.16. The average Bonchev–Trinajstić information content (AvgIpc) is 2.66. The van der Waals surface area contributed by atoms with E-state index in [0.717, 1.165) is 16.3 Å². The molecular formula is C18H24ClN3O3S. The number of thioether (sulfide) groups is 1. The first-order chi connectivity index (χ1) is 12.5. The van der Waals surface area contributed by atoms with Crippen molar-refractivity contribution < 1.29 is 14.2 Å². The van der Waals surface area contributed by atoms with Crippen LogP contribution in [0.1, 0.15) is 13.8 Å². The summed E-state index contributed by atoms with van der Waals surface area (Å²) in [6.45, 7) is 4.98. The van der Waals surface area contributed by atoms with Gasteiger partial charge < -0.3 is 19.9 Å². The third-order valence-corrected chi connectivity index (χ3v) is 4.82. The highest BCUT2D eigenvalue weighted by Gasteiger charge is 2.24. The molecule has 0 bridgehead atoms. The number of halogens is 1. The standard InChI is InChI=1S/C18H24ClN3O3S/c1-4-24-11-12(2)25-18(17(20)23-3)26-15-9-13(19)10-22-16(15)14-7-5-6-8-21-14/h5-10,12,17-18H,4,11,20H2,1-3H3/t12?,17-,18?/m1/s1. The Hall–Kier alpha value is -1.22. The number of nitrogens with two attached hydrogens (primary N) is 1. The quantitative estimate of drug-likeness (QED) is 0.484. The van der Waals surface area contributed by atoms with E-state index in [1.54, 1.807) is 19.5 Å². The van der Waals surface area contributed by atoms with Crippen LogP contribution in [0.15, 0.2) is 41.6 Å². The predicted octanol–water partition coefficient (Wildman–Crippen LogP) is 3.59. The SMILES string of the molecule is CCOCC(C)OC(Sc1cc(Cl)cnc1-c1ccccn1)[C@H](N)OC.